The number of anilines is 1. The number of nitrogens with zero attached hydrogens (tertiary/aromatic N) is 1. The fraction of sp³-hybridized carbons (Fsp3) is 0.516. The predicted molar refractivity (Wildman–Crippen MR) is 166 cm³/mol. The van der Waals surface area contributed by atoms with E-state index in [4.69, 9.17) is 16.3 Å². The Bertz CT molecular complexity index is 1110. The van der Waals surface area contributed by atoms with Gasteiger partial charge in [-0.2, -0.15) is 11.8 Å². The number of ether oxygens (including phenoxy) is 1. The minimum Gasteiger partial charge on any atom is -0.444 e. The molecule has 0 fully saturated rings. The number of carbonyl (C=O) groups is 3. The maximum absolute atomic E-state index is 14.2. The second-order valence-electron chi connectivity index (χ2n) is 10.8. The monoisotopic (exact) mass is 589 g/mol. The number of hydrogen-bond donors (Lipinski definition) is 2. The van der Waals surface area contributed by atoms with Crippen molar-refractivity contribution in [3.05, 3.63) is 64.2 Å². The maximum atomic E-state index is 14.2. The van der Waals surface area contributed by atoms with Crippen molar-refractivity contribution < 1.29 is 19.1 Å². The van der Waals surface area contributed by atoms with Crippen molar-refractivity contribution in [2.45, 2.75) is 84.9 Å². The number of rotatable bonds is 13. The first-order valence-electron chi connectivity index (χ1n) is 13.9. The summed E-state index contributed by atoms with van der Waals surface area (Å²) in [6, 6.07) is 11.4. The van der Waals surface area contributed by atoms with E-state index in [0.29, 0.717) is 41.4 Å². The quantitative estimate of drug-likeness (QED) is 0.259. The Labute approximate surface area is 248 Å². The van der Waals surface area contributed by atoms with E-state index < -0.39 is 23.8 Å². The molecule has 0 saturated heterocycles. The van der Waals surface area contributed by atoms with E-state index in [1.54, 1.807) is 43.5 Å². The van der Waals surface area contributed by atoms with Crippen molar-refractivity contribution in [3.8, 4) is 0 Å². The molecule has 220 valence electrons. The maximum Gasteiger partial charge on any atom is 0.408 e. The molecule has 2 aromatic rings. The first-order chi connectivity index (χ1) is 18.9. The summed E-state index contributed by atoms with van der Waals surface area (Å²) in [5, 5.41) is 6.19. The van der Waals surface area contributed by atoms with Crippen LogP contribution in [0.5, 0.6) is 0 Å². The number of nitrogens with one attached hydrogen (secondary N) is 2. The molecule has 0 radical (unpaired) electrons. The van der Waals surface area contributed by atoms with E-state index in [9.17, 15) is 14.4 Å². The molecule has 3 amide bonds. The summed E-state index contributed by atoms with van der Waals surface area (Å²) in [6.07, 6.45) is 4.05. The lowest BCUT2D eigenvalue weighted by atomic mass is 9.99. The summed E-state index contributed by atoms with van der Waals surface area (Å²) in [6.45, 7) is 11.6. The van der Waals surface area contributed by atoms with Gasteiger partial charge in [-0.25, -0.2) is 4.79 Å². The molecule has 2 unspecified atom stereocenters. The average molecular weight is 590 g/mol. The van der Waals surface area contributed by atoms with E-state index in [0.717, 1.165) is 24.0 Å². The lowest BCUT2D eigenvalue weighted by Crippen LogP contribution is -2.52. The summed E-state index contributed by atoms with van der Waals surface area (Å²) in [4.78, 5) is 42.6. The molecule has 0 aliphatic rings. The molecule has 2 atom stereocenters. The van der Waals surface area contributed by atoms with Crippen molar-refractivity contribution >= 4 is 47.0 Å². The molecule has 0 aliphatic heterocycles. The highest BCUT2D eigenvalue weighted by Crippen LogP contribution is 2.30. The van der Waals surface area contributed by atoms with Gasteiger partial charge in [0.25, 0.3) is 5.91 Å². The van der Waals surface area contributed by atoms with Crippen LogP contribution in [0.25, 0.3) is 0 Å². The van der Waals surface area contributed by atoms with Gasteiger partial charge in [-0.3, -0.25) is 9.59 Å². The van der Waals surface area contributed by atoms with Gasteiger partial charge in [0.1, 0.15) is 17.7 Å². The number of aryl methyl sites for hydroxylation is 2. The third-order valence-electron chi connectivity index (χ3n) is 6.37. The third-order valence-corrected chi connectivity index (χ3v) is 7.33. The Morgan fingerprint density at radius 2 is 1.75 bits per heavy atom. The van der Waals surface area contributed by atoms with Crippen LogP contribution in [0.2, 0.25) is 5.02 Å². The van der Waals surface area contributed by atoms with Crippen molar-refractivity contribution in [1.29, 1.82) is 0 Å². The zero-order valence-electron chi connectivity index (χ0n) is 24.8. The number of hydrogen-bond acceptors (Lipinski definition) is 5. The van der Waals surface area contributed by atoms with Crippen molar-refractivity contribution in [2.24, 2.45) is 0 Å². The molecule has 2 rings (SSSR count). The lowest BCUT2D eigenvalue weighted by Gasteiger charge is -2.35. The van der Waals surface area contributed by atoms with Crippen molar-refractivity contribution in [3.63, 3.8) is 0 Å². The summed E-state index contributed by atoms with van der Waals surface area (Å²) in [5.74, 6) is -0.0518. The van der Waals surface area contributed by atoms with Crippen LogP contribution < -0.4 is 10.6 Å². The molecular formula is C31H44ClN3O4S. The largest absolute Gasteiger partial charge is 0.444 e. The normalized spacial score (nSPS) is 12.8. The van der Waals surface area contributed by atoms with Crippen LogP contribution >= 0.6 is 23.4 Å². The lowest BCUT2D eigenvalue weighted by molar-refractivity contribution is -0.141. The van der Waals surface area contributed by atoms with Crippen LogP contribution in [0.3, 0.4) is 0 Å². The Hall–Kier alpha value is -2.71. The van der Waals surface area contributed by atoms with Gasteiger partial charge in [0.2, 0.25) is 5.91 Å². The molecule has 0 spiro atoms. The number of carbonyl (C=O) groups excluding carboxylic acids is 3. The number of unbranched alkanes of at least 4 members (excludes halogenated alkanes) is 1. The molecule has 40 heavy (non-hydrogen) atoms. The molecule has 0 saturated carbocycles. The van der Waals surface area contributed by atoms with Gasteiger partial charge in [0, 0.05) is 6.54 Å². The molecule has 0 aliphatic carbocycles. The number of thioether (sulfide) groups is 1. The minimum atomic E-state index is -0.933. The van der Waals surface area contributed by atoms with Gasteiger partial charge in [-0.1, -0.05) is 68.3 Å². The number of benzene rings is 2. The van der Waals surface area contributed by atoms with Crippen LogP contribution in [0.4, 0.5) is 10.5 Å². The fourth-order valence-corrected chi connectivity index (χ4v) is 4.97. The standard InChI is InChI=1S/C31H44ClN3O4S/c1-8-10-19-35(29(37)25(18-20-40-7)33-30(38)39-31(4,5)6)27(23-16-14-22(9-2)15-17-23)28(36)34-26-21(3)12-11-13-24(26)32/h11-17,25,27H,8-10,18-20H2,1-7H3,(H,33,38)(H,34,36). The smallest absolute Gasteiger partial charge is 0.408 e. The molecular weight excluding hydrogens is 546 g/mol. The van der Waals surface area contributed by atoms with E-state index in [1.807, 2.05) is 56.5 Å². The van der Waals surface area contributed by atoms with Crippen LogP contribution in [0.15, 0.2) is 42.5 Å². The Morgan fingerprint density at radius 3 is 2.30 bits per heavy atom. The second-order valence-corrected chi connectivity index (χ2v) is 12.2. The Morgan fingerprint density at radius 1 is 1.07 bits per heavy atom. The Kier molecular flexibility index (Phi) is 13.3. The zero-order chi connectivity index (χ0) is 29.9. The molecule has 7 nitrogen and oxygen atoms in total. The van der Waals surface area contributed by atoms with Gasteiger partial charge in [0.15, 0.2) is 0 Å². The molecule has 9 heteroatoms. The van der Waals surface area contributed by atoms with Gasteiger partial charge in [-0.15, -0.1) is 0 Å². The third kappa shape index (κ3) is 10.0. The van der Waals surface area contributed by atoms with Crippen LogP contribution in [-0.4, -0.2) is 53.0 Å². The first kappa shape index (κ1) is 33.5. The number of alkyl carbamates (subject to hydrolysis) is 1. The highest BCUT2D eigenvalue weighted by Gasteiger charge is 2.36. The van der Waals surface area contributed by atoms with E-state index >= 15 is 0 Å². The number of para-hydroxylation sites is 1. The molecule has 2 N–H and O–H groups in total. The van der Waals surface area contributed by atoms with Gasteiger partial charge in [0.05, 0.1) is 10.7 Å². The summed E-state index contributed by atoms with van der Waals surface area (Å²) < 4.78 is 5.46. The second kappa shape index (κ2) is 15.9. The SMILES string of the molecule is CCCCN(C(=O)C(CCSC)NC(=O)OC(C)(C)C)C(C(=O)Nc1c(C)cccc1Cl)c1ccc(CC)cc1. The van der Waals surface area contributed by atoms with E-state index in [1.165, 1.54) is 0 Å². The average Bonchev–Trinajstić information content (AvgIpc) is 2.89. The topological polar surface area (TPSA) is 87.7 Å². The fourth-order valence-electron chi connectivity index (χ4n) is 4.23. The van der Waals surface area contributed by atoms with Gasteiger partial charge >= 0.3 is 6.09 Å². The number of halogens is 1. The van der Waals surface area contributed by atoms with E-state index in [2.05, 4.69) is 17.6 Å². The minimum absolute atomic E-state index is 0.330. The molecule has 0 heterocycles. The zero-order valence-corrected chi connectivity index (χ0v) is 26.4. The summed E-state index contributed by atoms with van der Waals surface area (Å²) in [7, 11) is 0. The molecule has 0 bridgehead atoms. The number of amides is 3. The van der Waals surface area contributed by atoms with Crippen molar-refractivity contribution in [1.82, 2.24) is 10.2 Å². The predicted octanol–water partition coefficient (Wildman–Crippen LogP) is 7.17. The van der Waals surface area contributed by atoms with E-state index in [-0.39, 0.29) is 11.8 Å². The summed E-state index contributed by atoms with van der Waals surface area (Å²) >= 11 is 8.03. The van der Waals surface area contributed by atoms with Gasteiger partial charge < -0.3 is 20.3 Å². The highest BCUT2D eigenvalue weighted by molar-refractivity contribution is 7.98. The summed E-state index contributed by atoms with van der Waals surface area (Å²) in [5.41, 5.74) is 2.43. The van der Waals surface area contributed by atoms with Gasteiger partial charge in [-0.05, 0) is 81.7 Å². The van der Waals surface area contributed by atoms with Crippen LogP contribution in [0.1, 0.15) is 76.6 Å². The molecule has 0 aromatic heterocycles. The van der Waals surface area contributed by atoms with Crippen molar-refractivity contribution in [2.75, 3.05) is 23.9 Å². The highest BCUT2D eigenvalue weighted by atomic mass is 35.5. The van der Waals surface area contributed by atoms with Crippen LogP contribution in [-0.2, 0) is 20.7 Å². The molecule has 2 aromatic carbocycles. The van der Waals surface area contributed by atoms with Crippen LogP contribution in [0, 0.1) is 6.92 Å². The first-order valence-corrected chi connectivity index (χ1v) is 15.6. The Balaban J connectivity index is 2.56.